The van der Waals surface area contributed by atoms with Crippen molar-refractivity contribution in [2.75, 3.05) is 45.4 Å². The number of halogens is 1. The van der Waals surface area contributed by atoms with E-state index in [0.29, 0.717) is 43.5 Å². The van der Waals surface area contributed by atoms with E-state index < -0.39 is 11.9 Å². The lowest BCUT2D eigenvalue weighted by molar-refractivity contribution is -0.139. The van der Waals surface area contributed by atoms with Crippen LogP contribution in [0.15, 0.2) is 6.20 Å². The van der Waals surface area contributed by atoms with Crippen molar-refractivity contribution in [3.63, 3.8) is 0 Å². The number of esters is 2. The molecule has 9 nitrogen and oxygen atoms in total. The lowest BCUT2D eigenvalue weighted by atomic mass is 10.2. The van der Waals surface area contributed by atoms with Gasteiger partial charge in [0.25, 0.3) is 0 Å². The molecule has 0 spiro atoms. The summed E-state index contributed by atoms with van der Waals surface area (Å²) in [5.41, 5.74) is 0.796. The Morgan fingerprint density at radius 1 is 1.24 bits per heavy atom. The van der Waals surface area contributed by atoms with Crippen molar-refractivity contribution in [1.29, 1.82) is 0 Å². The molecule has 1 fully saturated rings. The standard InChI is InChI=1S/C15H17ClN4O5/c1-23-11(21)7-9-12(15(22)24-2)18-14-13(17-10(16)8-20(9)14)19-3-5-25-6-4-19/h8H,3-7H2,1-2H3. The first-order valence-corrected chi connectivity index (χ1v) is 7.98. The molecule has 25 heavy (non-hydrogen) atoms. The molecule has 0 aliphatic carbocycles. The summed E-state index contributed by atoms with van der Waals surface area (Å²) >= 11 is 6.16. The Labute approximate surface area is 148 Å². The van der Waals surface area contributed by atoms with Crippen LogP contribution in [0, 0.1) is 0 Å². The van der Waals surface area contributed by atoms with Crippen LogP contribution in [0.4, 0.5) is 5.82 Å². The summed E-state index contributed by atoms with van der Waals surface area (Å²) < 4.78 is 16.4. The van der Waals surface area contributed by atoms with Crippen LogP contribution in [-0.4, -0.2) is 66.8 Å². The van der Waals surface area contributed by atoms with Crippen LogP contribution in [-0.2, 0) is 25.4 Å². The number of carbonyl (C=O) groups excluding carboxylic acids is 2. The van der Waals surface area contributed by atoms with Gasteiger partial charge in [0.2, 0.25) is 0 Å². The summed E-state index contributed by atoms with van der Waals surface area (Å²) in [6.45, 7) is 2.35. The second-order valence-corrected chi connectivity index (χ2v) is 5.72. The molecular formula is C15H17ClN4O5. The van der Waals surface area contributed by atoms with E-state index in [1.807, 2.05) is 4.90 Å². The zero-order chi connectivity index (χ0) is 18.0. The van der Waals surface area contributed by atoms with Gasteiger partial charge in [-0.15, -0.1) is 0 Å². The van der Waals surface area contributed by atoms with Crippen LogP contribution in [0.5, 0.6) is 0 Å². The van der Waals surface area contributed by atoms with E-state index in [9.17, 15) is 9.59 Å². The largest absolute Gasteiger partial charge is 0.469 e. The van der Waals surface area contributed by atoms with Crippen LogP contribution in [0.25, 0.3) is 5.65 Å². The second kappa shape index (κ2) is 7.24. The quantitative estimate of drug-likeness (QED) is 0.728. The molecule has 10 heteroatoms. The average molecular weight is 369 g/mol. The van der Waals surface area contributed by atoms with Gasteiger partial charge in [0.05, 0.1) is 39.5 Å². The molecule has 1 aliphatic heterocycles. The van der Waals surface area contributed by atoms with Crippen molar-refractivity contribution in [3.05, 3.63) is 22.7 Å². The Bertz CT molecular complexity index is 816. The molecule has 0 bridgehead atoms. The normalized spacial score (nSPS) is 14.6. The highest BCUT2D eigenvalue weighted by molar-refractivity contribution is 6.29. The maximum absolute atomic E-state index is 12.1. The summed E-state index contributed by atoms with van der Waals surface area (Å²) in [5, 5.41) is 0.217. The number of carbonyl (C=O) groups is 2. The minimum absolute atomic E-state index is 0.0338. The SMILES string of the molecule is COC(=O)Cc1c(C(=O)OC)nc2c(N3CCOCC3)nc(Cl)cn12. The summed E-state index contributed by atoms with van der Waals surface area (Å²) in [6.07, 6.45) is 1.36. The predicted octanol–water partition coefficient (Wildman–Crippen LogP) is 0.721. The lowest BCUT2D eigenvalue weighted by Gasteiger charge is -2.28. The van der Waals surface area contributed by atoms with Gasteiger partial charge in [0.1, 0.15) is 5.15 Å². The van der Waals surface area contributed by atoms with Gasteiger partial charge in [-0.3, -0.25) is 9.20 Å². The van der Waals surface area contributed by atoms with Gasteiger partial charge in [-0.05, 0) is 0 Å². The molecule has 0 unspecified atom stereocenters. The van der Waals surface area contributed by atoms with Crippen molar-refractivity contribution in [2.45, 2.75) is 6.42 Å². The van der Waals surface area contributed by atoms with Crippen LogP contribution in [0.2, 0.25) is 5.15 Å². The molecule has 0 aromatic carbocycles. The molecule has 134 valence electrons. The number of nitrogens with zero attached hydrogens (tertiary/aromatic N) is 4. The zero-order valence-corrected chi connectivity index (χ0v) is 14.6. The highest BCUT2D eigenvalue weighted by Crippen LogP contribution is 2.26. The van der Waals surface area contributed by atoms with Crippen molar-refractivity contribution < 1.29 is 23.8 Å². The average Bonchev–Trinajstić information content (AvgIpc) is 2.99. The fourth-order valence-electron chi connectivity index (χ4n) is 2.67. The molecule has 0 amide bonds. The zero-order valence-electron chi connectivity index (χ0n) is 13.8. The van der Waals surface area contributed by atoms with Gasteiger partial charge in [-0.2, -0.15) is 0 Å². The first-order valence-electron chi connectivity index (χ1n) is 7.60. The molecule has 1 aliphatic rings. The Hall–Kier alpha value is -2.39. The molecule has 0 radical (unpaired) electrons. The van der Waals surface area contributed by atoms with E-state index in [-0.39, 0.29) is 17.3 Å². The van der Waals surface area contributed by atoms with Gasteiger partial charge in [0.15, 0.2) is 17.2 Å². The van der Waals surface area contributed by atoms with Gasteiger partial charge in [-0.1, -0.05) is 11.6 Å². The van der Waals surface area contributed by atoms with Crippen LogP contribution < -0.4 is 4.90 Å². The smallest absolute Gasteiger partial charge is 0.358 e. The van der Waals surface area contributed by atoms with E-state index in [1.54, 1.807) is 4.40 Å². The molecule has 0 N–H and O–H groups in total. The third kappa shape index (κ3) is 3.38. The number of morpholine rings is 1. The fourth-order valence-corrected chi connectivity index (χ4v) is 2.85. The molecule has 2 aromatic rings. The summed E-state index contributed by atoms with van der Waals surface area (Å²) in [4.78, 5) is 34.6. The van der Waals surface area contributed by atoms with Crippen molar-refractivity contribution in [2.24, 2.45) is 0 Å². The maximum atomic E-state index is 12.1. The van der Waals surface area contributed by atoms with E-state index >= 15 is 0 Å². The molecule has 2 aromatic heterocycles. The Morgan fingerprint density at radius 3 is 2.60 bits per heavy atom. The Balaban J connectivity index is 2.19. The number of rotatable bonds is 4. The number of fused-ring (bicyclic) bond motifs is 1. The summed E-state index contributed by atoms with van der Waals surface area (Å²) in [7, 11) is 2.53. The number of hydrogen-bond donors (Lipinski definition) is 0. The molecule has 3 heterocycles. The predicted molar refractivity (Wildman–Crippen MR) is 88.1 cm³/mol. The first kappa shape index (κ1) is 17.4. The summed E-state index contributed by atoms with van der Waals surface area (Å²) in [6, 6.07) is 0. The van der Waals surface area contributed by atoms with E-state index in [0.717, 1.165) is 0 Å². The first-order chi connectivity index (χ1) is 12.0. The monoisotopic (exact) mass is 368 g/mol. The van der Waals surface area contributed by atoms with Crippen molar-refractivity contribution >= 4 is 35.0 Å². The second-order valence-electron chi connectivity index (χ2n) is 5.33. The number of anilines is 1. The topological polar surface area (TPSA) is 95.3 Å². The van der Waals surface area contributed by atoms with E-state index in [1.165, 1.54) is 20.4 Å². The lowest BCUT2D eigenvalue weighted by Crippen LogP contribution is -2.37. The highest BCUT2D eigenvalue weighted by atomic mass is 35.5. The molecule has 0 saturated carbocycles. The van der Waals surface area contributed by atoms with Crippen molar-refractivity contribution in [1.82, 2.24) is 14.4 Å². The number of ether oxygens (including phenoxy) is 3. The third-order valence-electron chi connectivity index (χ3n) is 3.89. The van der Waals surface area contributed by atoms with Gasteiger partial charge >= 0.3 is 11.9 Å². The minimum atomic E-state index is -0.647. The van der Waals surface area contributed by atoms with Crippen molar-refractivity contribution in [3.8, 4) is 0 Å². The van der Waals surface area contributed by atoms with Gasteiger partial charge in [-0.25, -0.2) is 14.8 Å². The molecule has 1 saturated heterocycles. The van der Waals surface area contributed by atoms with E-state index in [2.05, 4.69) is 9.97 Å². The van der Waals surface area contributed by atoms with Gasteiger partial charge < -0.3 is 19.1 Å². The van der Waals surface area contributed by atoms with Crippen LogP contribution in [0.1, 0.15) is 16.2 Å². The fraction of sp³-hybridized carbons (Fsp3) is 0.467. The van der Waals surface area contributed by atoms with Crippen LogP contribution >= 0.6 is 11.6 Å². The maximum Gasteiger partial charge on any atom is 0.358 e. The number of aromatic nitrogens is 3. The minimum Gasteiger partial charge on any atom is -0.469 e. The number of hydrogen-bond acceptors (Lipinski definition) is 8. The number of imidazole rings is 1. The molecule has 3 rings (SSSR count). The van der Waals surface area contributed by atoms with E-state index in [4.69, 9.17) is 25.8 Å². The summed E-state index contributed by atoms with van der Waals surface area (Å²) in [5.74, 6) is -0.628. The Morgan fingerprint density at radius 2 is 1.96 bits per heavy atom. The molecular weight excluding hydrogens is 352 g/mol. The van der Waals surface area contributed by atoms with Crippen LogP contribution in [0.3, 0.4) is 0 Å². The number of methoxy groups -OCH3 is 2. The molecule has 0 atom stereocenters. The highest BCUT2D eigenvalue weighted by Gasteiger charge is 2.26. The Kier molecular flexibility index (Phi) is 5.05. The third-order valence-corrected chi connectivity index (χ3v) is 4.07. The van der Waals surface area contributed by atoms with Gasteiger partial charge in [0, 0.05) is 19.3 Å².